The molecule has 1 aromatic carbocycles. The van der Waals surface area contributed by atoms with Gasteiger partial charge in [0.25, 0.3) is 5.91 Å². The van der Waals surface area contributed by atoms with Crippen LogP contribution in [0.15, 0.2) is 24.3 Å². The molecule has 1 amide bonds. The van der Waals surface area contributed by atoms with Crippen LogP contribution < -0.4 is 5.32 Å². The van der Waals surface area contributed by atoms with Crippen molar-refractivity contribution in [3.05, 3.63) is 58.4 Å². The van der Waals surface area contributed by atoms with Crippen LogP contribution in [0.2, 0.25) is 0 Å². The van der Waals surface area contributed by atoms with Crippen molar-refractivity contribution in [2.45, 2.75) is 39.8 Å². The van der Waals surface area contributed by atoms with Crippen LogP contribution in [0.5, 0.6) is 0 Å². The van der Waals surface area contributed by atoms with Gasteiger partial charge in [-0.2, -0.15) is 0 Å². The fourth-order valence-corrected chi connectivity index (χ4v) is 3.02. The average Bonchev–Trinajstić information content (AvgIpc) is 2.79. The molecule has 0 aliphatic heterocycles. The second-order valence-electron chi connectivity index (χ2n) is 6.11. The largest absolute Gasteiger partial charge is 0.386 e. The van der Waals surface area contributed by atoms with Crippen LogP contribution in [0.1, 0.15) is 53.3 Å². The van der Waals surface area contributed by atoms with Crippen molar-refractivity contribution in [2.24, 2.45) is 0 Å². The summed E-state index contributed by atoms with van der Waals surface area (Å²) in [4.78, 5) is 12.3. The molecule has 0 aliphatic rings. The second kappa shape index (κ2) is 7.13. The summed E-state index contributed by atoms with van der Waals surface area (Å²) in [5, 5.41) is 12.5. The summed E-state index contributed by atoms with van der Waals surface area (Å²) in [5.74, 6) is -2.06. The number of benzene rings is 1. The number of nitrogens with one attached hydrogen (secondary N) is 1. The Hall–Kier alpha value is -2.21. The Balaban J connectivity index is 2.13. The molecule has 24 heavy (non-hydrogen) atoms. The molecule has 130 valence electrons. The predicted molar refractivity (Wildman–Crippen MR) is 87.9 cm³/mol. The van der Waals surface area contributed by atoms with Gasteiger partial charge in [0, 0.05) is 24.0 Å². The van der Waals surface area contributed by atoms with Crippen LogP contribution >= 0.6 is 0 Å². The van der Waals surface area contributed by atoms with E-state index in [0.29, 0.717) is 5.56 Å². The van der Waals surface area contributed by atoms with Gasteiger partial charge in [0.15, 0.2) is 0 Å². The van der Waals surface area contributed by atoms with Crippen LogP contribution in [0.3, 0.4) is 0 Å². The molecular weight excluding hydrogens is 314 g/mol. The van der Waals surface area contributed by atoms with E-state index in [0.717, 1.165) is 23.5 Å². The Labute approximate surface area is 140 Å². The van der Waals surface area contributed by atoms with E-state index in [2.05, 4.69) is 5.32 Å². The number of halogens is 2. The number of rotatable bonds is 5. The summed E-state index contributed by atoms with van der Waals surface area (Å²) >= 11 is 0. The number of carbonyl (C=O) groups excluding carboxylic acids is 1. The van der Waals surface area contributed by atoms with E-state index in [1.54, 1.807) is 6.07 Å². The molecule has 1 aromatic heterocycles. The number of carbonyl (C=O) groups is 1. The maximum atomic E-state index is 13.6. The molecule has 1 atom stereocenters. The Kier molecular flexibility index (Phi) is 5.39. The Morgan fingerprint density at radius 2 is 1.83 bits per heavy atom. The van der Waals surface area contributed by atoms with Crippen molar-refractivity contribution in [1.29, 1.82) is 0 Å². The maximum Gasteiger partial charge on any atom is 0.253 e. The molecule has 2 aromatic rings. The molecule has 0 saturated carbocycles. The van der Waals surface area contributed by atoms with E-state index in [-0.39, 0.29) is 18.5 Å². The lowest BCUT2D eigenvalue weighted by molar-refractivity contribution is 0.0910. The third-order valence-corrected chi connectivity index (χ3v) is 4.03. The van der Waals surface area contributed by atoms with Crippen LogP contribution in [0, 0.1) is 25.5 Å². The summed E-state index contributed by atoms with van der Waals surface area (Å²) in [6.45, 7) is 7.52. The molecular formula is C18H22F2N2O2. The predicted octanol–water partition coefficient (Wildman–Crippen LogP) is 3.43. The SMILES string of the molecule is Cc1cc(C(=O)NCC(O)c2c(F)cccc2F)c(C)n1C(C)C. The third kappa shape index (κ3) is 3.48. The number of aliphatic hydroxyl groups excluding tert-OH is 1. The van der Waals surface area contributed by atoms with Gasteiger partial charge >= 0.3 is 0 Å². The highest BCUT2D eigenvalue weighted by molar-refractivity contribution is 5.95. The fourth-order valence-electron chi connectivity index (χ4n) is 3.02. The first-order valence-corrected chi connectivity index (χ1v) is 7.82. The highest BCUT2D eigenvalue weighted by Crippen LogP contribution is 2.22. The van der Waals surface area contributed by atoms with Gasteiger partial charge in [0.05, 0.1) is 11.1 Å². The van der Waals surface area contributed by atoms with E-state index in [4.69, 9.17) is 0 Å². The van der Waals surface area contributed by atoms with Crippen molar-refractivity contribution >= 4 is 5.91 Å². The summed E-state index contributed by atoms with van der Waals surface area (Å²) in [6, 6.07) is 5.34. The number of aryl methyl sites for hydroxylation is 1. The van der Waals surface area contributed by atoms with Crippen LogP contribution in [-0.2, 0) is 0 Å². The molecule has 1 unspecified atom stereocenters. The molecule has 0 spiro atoms. The highest BCUT2D eigenvalue weighted by atomic mass is 19.1. The van der Waals surface area contributed by atoms with Gasteiger partial charge in [-0.1, -0.05) is 6.07 Å². The molecule has 1 heterocycles. The van der Waals surface area contributed by atoms with Crippen molar-refractivity contribution in [3.8, 4) is 0 Å². The Morgan fingerprint density at radius 3 is 2.33 bits per heavy atom. The number of amides is 1. The molecule has 0 saturated heterocycles. The van der Waals surface area contributed by atoms with Crippen molar-refractivity contribution in [1.82, 2.24) is 9.88 Å². The molecule has 0 radical (unpaired) electrons. The number of hydrogen-bond donors (Lipinski definition) is 2. The first-order valence-electron chi connectivity index (χ1n) is 7.82. The maximum absolute atomic E-state index is 13.6. The third-order valence-electron chi connectivity index (χ3n) is 4.03. The zero-order valence-electron chi connectivity index (χ0n) is 14.2. The minimum Gasteiger partial charge on any atom is -0.386 e. The van der Waals surface area contributed by atoms with Crippen molar-refractivity contribution < 1.29 is 18.7 Å². The Bertz CT molecular complexity index is 733. The van der Waals surface area contributed by atoms with Crippen molar-refractivity contribution in [2.75, 3.05) is 6.54 Å². The highest BCUT2D eigenvalue weighted by Gasteiger charge is 2.21. The first-order chi connectivity index (χ1) is 11.2. The lowest BCUT2D eigenvalue weighted by Gasteiger charge is -2.15. The number of aliphatic hydroxyl groups is 1. The lowest BCUT2D eigenvalue weighted by atomic mass is 10.1. The normalized spacial score (nSPS) is 12.5. The van der Waals surface area contributed by atoms with Gasteiger partial charge in [-0.25, -0.2) is 8.78 Å². The topological polar surface area (TPSA) is 54.3 Å². The van der Waals surface area contributed by atoms with E-state index < -0.39 is 23.3 Å². The lowest BCUT2D eigenvalue weighted by Crippen LogP contribution is -2.29. The molecule has 0 bridgehead atoms. The zero-order valence-corrected chi connectivity index (χ0v) is 14.2. The zero-order chi connectivity index (χ0) is 18.0. The van der Waals surface area contributed by atoms with E-state index in [1.807, 2.05) is 32.3 Å². The van der Waals surface area contributed by atoms with E-state index in [9.17, 15) is 18.7 Å². The summed E-state index contributed by atoms with van der Waals surface area (Å²) in [5.41, 5.74) is 1.81. The summed E-state index contributed by atoms with van der Waals surface area (Å²) < 4.78 is 29.3. The van der Waals surface area contributed by atoms with E-state index >= 15 is 0 Å². The summed E-state index contributed by atoms with van der Waals surface area (Å²) in [7, 11) is 0. The molecule has 0 aliphatic carbocycles. The second-order valence-corrected chi connectivity index (χ2v) is 6.11. The first kappa shape index (κ1) is 18.1. The van der Waals surface area contributed by atoms with E-state index in [1.165, 1.54) is 6.07 Å². The number of aromatic nitrogens is 1. The van der Waals surface area contributed by atoms with Gasteiger partial charge in [-0.15, -0.1) is 0 Å². The summed E-state index contributed by atoms with van der Waals surface area (Å²) in [6.07, 6.45) is -1.45. The Morgan fingerprint density at radius 1 is 1.25 bits per heavy atom. The quantitative estimate of drug-likeness (QED) is 0.879. The average molecular weight is 336 g/mol. The van der Waals surface area contributed by atoms with Crippen molar-refractivity contribution in [3.63, 3.8) is 0 Å². The molecule has 0 fully saturated rings. The van der Waals surface area contributed by atoms with Gasteiger partial charge in [0.2, 0.25) is 0 Å². The smallest absolute Gasteiger partial charge is 0.253 e. The van der Waals surface area contributed by atoms with Gasteiger partial charge in [-0.3, -0.25) is 4.79 Å². The molecule has 4 nitrogen and oxygen atoms in total. The van der Waals surface area contributed by atoms with Crippen LogP contribution in [0.4, 0.5) is 8.78 Å². The minimum atomic E-state index is -1.45. The molecule has 6 heteroatoms. The van der Waals surface area contributed by atoms with Gasteiger partial charge in [-0.05, 0) is 45.9 Å². The number of hydrogen-bond acceptors (Lipinski definition) is 2. The van der Waals surface area contributed by atoms with Gasteiger partial charge in [0.1, 0.15) is 17.7 Å². The number of nitrogens with zero attached hydrogens (tertiary/aromatic N) is 1. The molecule has 2 rings (SSSR count). The van der Waals surface area contributed by atoms with Gasteiger partial charge < -0.3 is 15.0 Å². The monoisotopic (exact) mass is 336 g/mol. The fraction of sp³-hybridized carbons (Fsp3) is 0.389. The molecule has 2 N–H and O–H groups in total. The van der Waals surface area contributed by atoms with Crippen LogP contribution in [0.25, 0.3) is 0 Å². The standard InChI is InChI=1S/C18H22F2N2O2/c1-10(2)22-11(3)8-13(12(22)4)18(24)21-9-16(23)17-14(19)6-5-7-15(17)20/h5-8,10,16,23H,9H2,1-4H3,(H,21,24). The van der Waals surface area contributed by atoms with Crippen LogP contribution in [-0.4, -0.2) is 22.1 Å². The minimum absolute atomic E-state index is 0.213.